The zero-order chi connectivity index (χ0) is 21.1. The standard InChI is InChI=1S/C22H20ClNO5/c1-3-29-17(25)12-24-19(14-6-4-13(2)5-7-14)18(21(27)22(24)28)20(26)15-8-10-16(23)11-9-15/h4-11,19,26H,3,12H2,1-2H3/t19-/m1/s1. The van der Waals surface area contributed by atoms with Gasteiger partial charge in [0.25, 0.3) is 11.7 Å². The van der Waals surface area contributed by atoms with Gasteiger partial charge >= 0.3 is 5.97 Å². The maximum absolute atomic E-state index is 12.8. The van der Waals surface area contributed by atoms with Crippen LogP contribution in [-0.4, -0.2) is 40.8 Å². The number of likely N-dealkylation sites (tertiary alicyclic amines) is 1. The number of halogens is 1. The molecule has 6 nitrogen and oxygen atoms in total. The molecule has 0 aliphatic carbocycles. The number of nitrogens with zero attached hydrogens (tertiary/aromatic N) is 1. The number of aryl methyl sites for hydroxylation is 1. The highest BCUT2D eigenvalue weighted by atomic mass is 35.5. The smallest absolute Gasteiger partial charge is 0.325 e. The number of aliphatic hydroxyl groups is 1. The van der Waals surface area contributed by atoms with Crippen molar-refractivity contribution in [3.63, 3.8) is 0 Å². The average molecular weight is 414 g/mol. The zero-order valence-electron chi connectivity index (χ0n) is 16.0. The van der Waals surface area contributed by atoms with Gasteiger partial charge in [0.2, 0.25) is 0 Å². The number of aliphatic hydroxyl groups excluding tert-OH is 1. The van der Waals surface area contributed by atoms with Gasteiger partial charge in [0.05, 0.1) is 18.2 Å². The Hall–Kier alpha value is -3.12. The minimum absolute atomic E-state index is 0.0783. The van der Waals surface area contributed by atoms with E-state index in [0.29, 0.717) is 16.1 Å². The van der Waals surface area contributed by atoms with Gasteiger partial charge in [-0.15, -0.1) is 0 Å². The van der Waals surface area contributed by atoms with Gasteiger partial charge in [0.15, 0.2) is 0 Å². The third-order valence-electron chi connectivity index (χ3n) is 4.66. The molecule has 29 heavy (non-hydrogen) atoms. The molecule has 0 aromatic heterocycles. The second-order valence-corrected chi connectivity index (χ2v) is 7.09. The molecule has 1 aliphatic heterocycles. The normalized spacial score (nSPS) is 18.2. The summed E-state index contributed by atoms with van der Waals surface area (Å²) >= 11 is 5.90. The average Bonchev–Trinajstić information content (AvgIpc) is 2.94. The van der Waals surface area contributed by atoms with Crippen molar-refractivity contribution in [3.05, 3.63) is 75.8 Å². The molecule has 1 N–H and O–H groups in total. The number of amides is 1. The quantitative estimate of drug-likeness (QED) is 0.350. The summed E-state index contributed by atoms with van der Waals surface area (Å²) in [5, 5.41) is 11.3. The third-order valence-corrected chi connectivity index (χ3v) is 4.91. The molecule has 0 bridgehead atoms. The first-order valence-corrected chi connectivity index (χ1v) is 9.47. The maximum atomic E-state index is 12.8. The Labute approximate surface area is 173 Å². The second kappa shape index (κ2) is 8.49. The number of hydrogen-bond acceptors (Lipinski definition) is 5. The van der Waals surface area contributed by atoms with Gasteiger partial charge in [0.1, 0.15) is 12.3 Å². The monoisotopic (exact) mass is 413 g/mol. The van der Waals surface area contributed by atoms with Crippen LogP contribution in [0.5, 0.6) is 0 Å². The Morgan fingerprint density at radius 1 is 1.10 bits per heavy atom. The molecule has 3 rings (SSSR count). The first-order chi connectivity index (χ1) is 13.8. The van der Waals surface area contributed by atoms with Crippen LogP contribution in [0.3, 0.4) is 0 Å². The molecule has 0 unspecified atom stereocenters. The van der Waals surface area contributed by atoms with Crippen molar-refractivity contribution in [1.82, 2.24) is 4.90 Å². The van der Waals surface area contributed by atoms with E-state index in [-0.39, 0.29) is 17.9 Å². The molecular weight excluding hydrogens is 394 g/mol. The van der Waals surface area contributed by atoms with Gasteiger partial charge in [-0.1, -0.05) is 41.4 Å². The van der Waals surface area contributed by atoms with Crippen molar-refractivity contribution in [3.8, 4) is 0 Å². The van der Waals surface area contributed by atoms with Crippen LogP contribution in [0.15, 0.2) is 54.1 Å². The van der Waals surface area contributed by atoms with Crippen molar-refractivity contribution < 1.29 is 24.2 Å². The van der Waals surface area contributed by atoms with E-state index in [2.05, 4.69) is 0 Å². The molecule has 1 saturated heterocycles. The summed E-state index contributed by atoms with van der Waals surface area (Å²) in [6, 6.07) is 12.6. The van der Waals surface area contributed by atoms with Crippen molar-refractivity contribution in [2.75, 3.05) is 13.2 Å². The Kier molecular flexibility index (Phi) is 6.03. The van der Waals surface area contributed by atoms with Crippen LogP contribution in [0.2, 0.25) is 5.02 Å². The van der Waals surface area contributed by atoms with Crippen molar-refractivity contribution in [2.45, 2.75) is 19.9 Å². The lowest BCUT2D eigenvalue weighted by atomic mass is 9.95. The number of rotatable bonds is 5. The Morgan fingerprint density at radius 3 is 2.31 bits per heavy atom. The highest BCUT2D eigenvalue weighted by Gasteiger charge is 2.46. The van der Waals surface area contributed by atoms with Crippen LogP contribution in [0.4, 0.5) is 0 Å². The summed E-state index contributed by atoms with van der Waals surface area (Å²) in [4.78, 5) is 38.7. The van der Waals surface area contributed by atoms with Crippen molar-refractivity contribution >= 4 is 35.0 Å². The molecule has 1 aliphatic rings. The summed E-state index contributed by atoms with van der Waals surface area (Å²) in [6.45, 7) is 3.33. The number of benzene rings is 2. The van der Waals surface area contributed by atoms with Crippen LogP contribution in [0.25, 0.3) is 5.76 Å². The number of hydrogen-bond donors (Lipinski definition) is 1. The van der Waals surface area contributed by atoms with Gasteiger partial charge < -0.3 is 14.7 Å². The molecule has 1 fully saturated rings. The SMILES string of the molecule is CCOC(=O)CN1C(=O)C(=O)C(=C(O)c2ccc(Cl)cc2)[C@H]1c1ccc(C)cc1. The first kappa shape index (κ1) is 20.6. The van der Waals surface area contributed by atoms with Crippen LogP contribution < -0.4 is 0 Å². The van der Waals surface area contributed by atoms with Crippen molar-refractivity contribution in [1.29, 1.82) is 0 Å². The molecule has 2 aromatic carbocycles. The lowest BCUT2D eigenvalue weighted by Crippen LogP contribution is -2.35. The number of ether oxygens (including phenoxy) is 1. The molecule has 1 atom stereocenters. The summed E-state index contributed by atoms with van der Waals surface area (Å²) < 4.78 is 4.95. The van der Waals surface area contributed by atoms with Crippen LogP contribution in [0.1, 0.15) is 29.7 Å². The highest BCUT2D eigenvalue weighted by Crippen LogP contribution is 2.39. The molecule has 1 heterocycles. The van der Waals surface area contributed by atoms with E-state index in [0.717, 1.165) is 10.5 Å². The summed E-state index contributed by atoms with van der Waals surface area (Å²) in [6.07, 6.45) is 0. The Morgan fingerprint density at radius 2 is 1.72 bits per heavy atom. The van der Waals surface area contributed by atoms with E-state index in [1.807, 2.05) is 19.1 Å². The fourth-order valence-corrected chi connectivity index (χ4v) is 3.37. The fourth-order valence-electron chi connectivity index (χ4n) is 3.25. The summed E-state index contributed by atoms with van der Waals surface area (Å²) in [7, 11) is 0. The lowest BCUT2D eigenvalue weighted by Gasteiger charge is -2.24. The fraction of sp³-hybridized carbons (Fsp3) is 0.227. The predicted molar refractivity (Wildman–Crippen MR) is 108 cm³/mol. The molecule has 150 valence electrons. The number of ketones is 1. The summed E-state index contributed by atoms with van der Waals surface area (Å²) in [5.41, 5.74) is 1.87. The van der Waals surface area contributed by atoms with Gasteiger partial charge in [0, 0.05) is 10.6 Å². The molecule has 1 amide bonds. The van der Waals surface area contributed by atoms with Gasteiger partial charge in [-0.05, 0) is 43.7 Å². The van der Waals surface area contributed by atoms with Crippen LogP contribution in [0, 0.1) is 6.92 Å². The van der Waals surface area contributed by atoms with E-state index in [1.165, 1.54) is 0 Å². The number of carbonyl (C=O) groups is 3. The van der Waals surface area contributed by atoms with E-state index in [1.54, 1.807) is 43.3 Å². The van der Waals surface area contributed by atoms with E-state index in [4.69, 9.17) is 16.3 Å². The number of Topliss-reactive ketones (excluding diaryl/α,β-unsaturated/α-hetero) is 1. The molecule has 7 heteroatoms. The Bertz CT molecular complexity index is 979. The minimum Gasteiger partial charge on any atom is -0.507 e. The number of carbonyl (C=O) groups excluding carboxylic acids is 3. The Balaban J connectivity index is 2.14. The van der Waals surface area contributed by atoms with Gasteiger partial charge in [-0.2, -0.15) is 0 Å². The van der Waals surface area contributed by atoms with Crippen LogP contribution in [-0.2, 0) is 19.1 Å². The zero-order valence-corrected chi connectivity index (χ0v) is 16.8. The summed E-state index contributed by atoms with van der Waals surface area (Å²) in [5.74, 6) is -2.67. The molecule has 2 aromatic rings. The van der Waals surface area contributed by atoms with E-state index < -0.39 is 30.2 Å². The van der Waals surface area contributed by atoms with E-state index in [9.17, 15) is 19.5 Å². The maximum Gasteiger partial charge on any atom is 0.325 e. The largest absolute Gasteiger partial charge is 0.507 e. The molecule has 0 radical (unpaired) electrons. The topological polar surface area (TPSA) is 83.9 Å². The van der Waals surface area contributed by atoms with Crippen molar-refractivity contribution in [2.24, 2.45) is 0 Å². The van der Waals surface area contributed by atoms with Gasteiger partial charge in [-0.25, -0.2) is 0 Å². The molecular formula is C22H20ClNO5. The van der Waals surface area contributed by atoms with Crippen LogP contribution >= 0.6 is 11.6 Å². The molecule has 0 spiro atoms. The first-order valence-electron chi connectivity index (χ1n) is 9.10. The second-order valence-electron chi connectivity index (χ2n) is 6.65. The lowest BCUT2D eigenvalue weighted by molar-refractivity contribution is -0.149. The van der Waals surface area contributed by atoms with Gasteiger partial charge in [-0.3, -0.25) is 14.4 Å². The third kappa shape index (κ3) is 4.17. The minimum atomic E-state index is -0.907. The highest BCUT2D eigenvalue weighted by molar-refractivity contribution is 6.46. The number of esters is 1. The molecule has 0 saturated carbocycles. The van der Waals surface area contributed by atoms with E-state index >= 15 is 0 Å². The predicted octanol–water partition coefficient (Wildman–Crippen LogP) is 3.63.